The number of hydrogen-bond donors (Lipinski definition) is 2. The summed E-state index contributed by atoms with van der Waals surface area (Å²) in [5, 5.41) is 9.88. The molecule has 0 saturated heterocycles. The van der Waals surface area contributed by atoms with Gasteiger partial charge in [-0.15, -0.1) is 10.2 Å². The minimum atomic E-state index is -3.82. The van der Waals surface area contributed by atoms with Crippen LogP contribution in [0.4, 0.5) is 5.13 Å². The fourth-order valence-corrected chi connectivity index (χ4v) is 4.00. The van der Waals surface area contributed by atoms with Gasteiger partial charge >= 0.3 is 0 Å². The first-order chi connectivity index (χ1) is 13.0. The molecule has 3 rings (SSSR count). The summed E-state index contributed by atoms with van der Waals surface area (Å²) < 4.78 is 32.1. The first-order valence-corrected chi connectivity index (χ1v) is 10.2. The third kappa shape index (κ3) is 5.58. The Bertz CT molecular complexity index is 992. The minimum Gasteiger partial charge on any atom is -0.484 e. The van der Waals surface area contributed by atoms with Gasteiger partial charge in [-0.25, -0.2) is 13.1 Å². The number of hydrogen-bond acceptors (Lipinski definition) is 7. The van der Waals surface area contributed by atoms with Crippen molar-refractivity contribution in [2.45, 2.75) is 10.9 Å². The Morgan fingerprint density at radius 3 is 2.37 bits per heavy atom. The lowest BCUT2D eigenvalue weighted by Crippen LogP contribution is -2.23. The van der Waals surface area contributed by atoms with Crippen LogP contribution in [0.25, 0.3) is 0 Å². The van der Waals surface area contributed by atoms with Crippen molar-refractivity contribution in [3.8, 4) is 5.75 Å². The molecule has 1 heterocycles. The molecule has 2 aromatic carbocycles. The highest BCUT2D eigenvalue weighted by Gasteiger charge is 2.20. The molecular formula is C17H16N4O4S2. The monoisotopic (exact) mass is 404 g/mol. The molecule has 8 nitrogen and oxygen atoms in total. The fraction of sp³-hybridized carbons (Fsp3) is 0.118. The van der Waals surface area contributed by atoms with E-state index in [1.165, 1.54) is 0 Å². The zero-order valence-corrected chi connectivity index (χ0v) is 15.7. The number of carbonyl (C=O) groups is 1. The third-order valence-corrected chi connectivity index (χ3v) is 5.91. The molecule has 1 amide bonds. The lowest BCUT2D eigenvalue weighted by atomic mass is 10.2. The zero-order valence-electron chi connectivity index (χ0n) is 14.0. The fourth-order valence-electron chi connectivity index (χ4n) is 2.03. The number of benzene rings is 2. The lowest BCUT2D eigenvalue weighted by Gasteiger charge is -2.05. The summed E-state index contributed by atoms with van der Waals surface area (Å²) in [6, 6.07) is 18.0. The highest BCUT2D eigenvalue weighted by molar-refractivity contribution is 7.91. The summed E-state index contributed by atoms with van der Waals surface area (Å²) in [4.78, 5) is 11.9. The van der Waals surface area contributed by atoms with Crippen molar-refractivity contribution >= 4 is 32.4 Å². The van der Waals surface area contributed by atoms with E-state index >= 15 is 0 Å². The van der Waals surface area contributed by atoms with Crippen molar-refractivity contribution in [1.82, 2.24) is 14.9 Å². The maximum Gasteiger partial charge on any atom is 0.270 e. The van der Waals surface area contributed by atoms with Gasteiger partial charge in [-0.2, -0.15) is 0 Å². The van der Waals surface area contributed by atoms with E-state index in [-0.39, 0.29) is 22.6 Å². The van der Waals surface area contributed by atoms with Crippen molar-refractivity contribution in [1.29, 1.82) is 0 Å². The van der Waals surface area contributed by atoms with Gasteiger partial charge in [-0.05, 0) is 17.7 Å². The smallest absolute Gasteiger partial charge is 0.270 e. The molecule has 3 aromatic rings. The number of carbonyl (C=O) groups excluding carboxylic acids is 1. The highest BCUT2D eigenvalue weighted by Crippen LogP contribution is 2.20. The second-order valence-corrected chi connectivity index (χ2v) is 8.25. The number of aromatic nitrogens is 2. The van der Waals surface area contributed by atoms with Crippen molar-refractivity contribution in [3.63, 3.8) is 0 Å². The van der Waals surface area contributed by atoms with E-state index in [2.05, 4.69) is 20.2 Å². The number of para-hydroxylation sites is 1. The van der Waals surface area contributed by atoms with Crippen molar-refractivity contribution < 1.29 is 17.9 Å². The topological polar surface area (TPSA) is 110 Å². The van der Waals surface area contributed by atoms with Crippen LogP contribution in [0.2, 0.25) is 0 Å². The number of nitrogens with one attached hydrogen (secondary N) is 2. The summed E-state index contributed by atoms with van der Waals surface area (Å²) >= 11 is 0.765. The van der Waals surface area contributed by atoms with E-state index in [9.17, 15) is 13.2 Å². The normalized spacial score (nSPS) is 11.1. The molecule has 0 saturated carbocycles. The molecule has 140 valence electrons. The van der Waals surface area contributed by atoms with Gasteiger partial charge in [0.05, 0.1) is 0 Å². The molecule has 0 unspecified atom stereocenters. The molecule has 0 fully saturated rings. The van der Waals surface area contributed by atoms with Crippen LogP contribution >= 0.6 is 11.3 Å². The number of nitrogens with zero attached hydrogens (tertiary/aromatic N) is 2. The van der Waals surface area contributed by atoms with Crippen LogP contribution in [0.15, 0.2) is 65.0 Å². The highest BCUT2D eigenvalue weighted by atomic mass is 32.2. The van der Waals surface area contributed by atoms with Gasteiger partial charge in [0.15, 0.2) is 6.61 Å². The molecule has 2 N–H and O–H groups in total. The van der Waals surface area contributed by atoms with Gasteiger partial charge in [-0.1, -0.05) is 59.9 Å². The molecule has 0 aliphatic carbocycles. The van der Waals surface area contributed by atoms with Crippen LogP contribution in [-0.2, 0) is 21.4 Å². The number of rotatable bonds is 8. The number of sulfonamides is 1. The Morgan fingerprint density at radius 2 is 1.67 bits per heavy atom. The van der Waals surface area contributed by atoms with Gasteiger partial charge in [-0.3, -0.25) is 10.1 Å². The van der Waals surface area contributed by atoms with E-state index in [0.29, 0.717) is 5.75 Å². The van der Waals surface area contributed by atoms with Gasteiger partial charge in [0.25, 0.3) is 15.9 Å². The molecule has 1 aromatic heterocycles. The first kappa shape index (κ1) is 19.0. The second-order valence-electron chi connectivity index (χ2n) is 5.33. The number of amides is 1. The van der Waals surface area contributed by atoms with Crippen molar-refractivity contribution in [2.75, 3.05) is 11.9 Å². The van der Waals surface area contributed by atoms with Gasteiger partial charge in [0.2, 0.25) is 9.47 Å². The molecule has 0 aliphatic heterocycles. The van der Waals surface area contributed by atoms with Crippen LogP contribution in [-0.4, -0.2) is 31.1 Å². The summed E-state index contributed by atoms with van der Waals surface area (Å²) in [5.74, 6) is 0.0921. The standard InChI is InChI=1S/C17H16N4O4S2/c22-15(12-25-14-9-5-2-6-10-14)19-16-20-21-17(26-16)27(23,24)18-11-13-7-3-1-4-8-13/h1-10,18H,11-12H2,(H,19,20,22). The van der Waals surface area contributed by atoms with Crippen LogP contribution in [0.1, 0.15) is 5.56 Å². The van der Waals surface area contributed by atoms with E-state index in [4.69, 9.17) is 4.74 Å². The predicted octanol–water partition coefficient (Wildman–Crippen LogP) is 2.03. The first-order valence-electron chi connectivity index (χ1n) is 7.88. The Balaban J connectivity index is 1.54. The average Bonchev–Trinajstić information content (AvgIpc) is 3.16. The Hall–Kier alpha value is -2.82. The summed E-state index contributed by atoms with van der Waals surface area (Å²) in [6.45, 7) is -0.0900. The quantitative estimate of drug-likeness (QED) is 0.556. The van der Waals surface area contributed by atoms with Gasteiger partial charge in [0.1, 0.15) is 5.75 Å². The molecule has 10 heteroatoms. The van der Waals surface area contributed by atoms with Crippen LogP contribution in [0.3, 0.4) is 0 Å². The summed E-state index contributed by atoms with van der Waals surface area (Å²) in [7, 11) is -3.82. The van der Waals surface area contributed by atoms with Crippen LogP contribution in [0.5, 0.6) is 5.75 Å². The molecule has 27 heavy (non-hydrogen) atoms. The predicted molar refractivity (Wildman–Crippen MR) is 101 cm³/mol. The summed E-state index contributed by atoms with van der Waals surface area (Å²) in [6.07, 6.45) is 0. The van der Waals surface area contributed by atoms with Crippen LogP contribution < -0.4 is 14.8 Å². The lowest BCUT2D eigenvalue weighted by molar-refractivity contribution is -0.118. The van der Waals surface area contributed by atoms with Gasteiger partial charge < -0.3 is 4.74 Å². The van der Waals surface area contributed by atoms with Gasteiger partial charge in [0, 0.05) is 6.54 Å². The largest absolute Gasteiger partial charge is 0.484 e. The van der Waals surface area contributed by atoms with E-state index < -0.39 is 15.9 Å². The van der Waals surface area contributed by atoms with Crippen molar-refractivity contribution in [2.24, 2.45) is 0 Å². The second kappa shape index (κ2) is 8.71. The Labute approximate surface area is 160 Å². The maximum atomic E-state index is 12.3. The molecule has 0 spiro atoms. The molecule has 0 bridgehead atoms. The number of ether oxygens (including phenoxy) is 1. The molecule has 0 radical (unpaired) electrons. The number of anilines is 1. The van der Waals surface area contributed by atoms with E-state index in [1.807, 2.05) is 24.3 Å². The third-order valence-electron chi connectivity index (χ3n) is 3.30. The molecule has 0 aliphatic rings. The SMILES string of the molecule is O=C(COc1ccccc1)Nc1nnc(S(=O)(=O)NCc2ccccc2)s1. The average molecular weight is 404 g/mol. The maximum absolute atomic E-state index is 12.3. The molecule has 0 atom stereocenters. The Kier molecular flexibility index (Phi) is 6.12. The minimum absolute atomic E-state index is 0.0803. The Morgan fingerprint density at radius 1 is 1.00 bits per heavy atom. The molecular weight excluding hydrogens is 388 g/mol. The van der Waals surface area contributed by atoms with E-state index in [1.54, 1.807) is 36.4 Å². The van der Waals surface area contributed by atoms with Crippen LogP contribution in [0, 0.1) is 0 Å². The van der Waals surface area contributed by atoms with E-state index in [0.717, 1.165) is 16.9 Å². The summed E-state index contributed by atoms with van der Waals surface area (Å²) in [5.41, 5.74) is 0.817. The van der Waals surface area contributed by atoms with Crippen molar-refractivity contribution in [3.05, 3.63) is 66.2 Å². The zero-order chi connectivity index (χ0) is 19.1.